The molecule has 1 heterocycles. The van der Waals surface area contributed by atoms with Crippen LogP contribution < -0.4 is 11.5 Å². The minimum absolute atomic E-state index is 0.188. The first-order chi connectivity index (χ1) is 4.24. The average molecular weight is 127 g/mol. The highest BCUT2D eigenvalue weighted by Crippen LogP contribution is 2.08. The molecule has 1 aromatic rings. The van der Waals surface area contributed by atoms with E-state index < -0.39 is 0 Å². The summed E-state index contributed by atoms with van der Waals surface area (Å²) in [5.74, 6) is 0.704. The maximum atomic E-state index is 5.29. The standard InChI is InChI=1S/C5H9N3O/c1-3-4(2-6)8-5(7)9-3/h2,6H2,1H3,(H2,7,8). The van der Waals surface area contributed by atoms with Crippen LogP contribution in [0.3, 0.4) is 0 Å². The molecule has 9 heavy (non-hydrogen) atoms. The van der Waals surface area contributed by atoms with E-state index >= 15 is 0 Å². The van der Waals surface area contributed by atoms with E-state index in [4.69, 9.17) is 15.9 Å². The van der Waals surface area contributed by atoms with Crippen LogP contribution in [0.5, 0.6) is 0 Å². The summed E-state index contributed by atoms with van der Waals surface area (Å²) in [6.07, 6.45) is 0. The molecular weight excluding hydrogens is 118 g/mol. The van der Waals surface area contributed by atoms with Crippen LogP contribution >= 0.6 is 0 Å². The predicted octanol–water partition coefficient (Wildman–Crippen LogP) is 0.0239. The minimum atomic E-state index is 0.188. The Hall–Kier alpha value is -1.03. The molecule has 1 rings (SSSR count). The highest BCUT2D eigenvalue weighted by Gasteiger charge is 2.02. The van der Waals surface area contributed by atoms with Gasteiger partial charge in [-0.3, -0.25) is 0 Å². The molecule has 0 bridgehead atoms. The van der Waals surface area contributed by atoms with Crippen molar-refractivity contribution in [2.45, 2.75) is 13.5 Å². The largest absolute Gasteiger partial charge is 0.429 e. The maximum absolute atomic E-state index is 5.29. The topological polar surface area (TPSA) is 78.1 Å². The molecule has 4 N–H and O–H groups in total. The van der Waals surface area contributed by atoms with Gasteiger partial charge in [-0.25, -0.2) is 0 Å². The first kappa shape index (κ1) is 6.10. The van der Waals surface area contributed by atoms with Crippen molar-refractivity contribution in [3.8, 4) is 0 Å². The second-order valence-corrected chi connectivity index (χ2v) is 1.76. The van der Waals surface area contributed by atoms with Gasteiger partial charge < -0.3 is 15.9 Å². The van der Waals surface area contributed by atoms with Gasteiger partial charge in [0.1, 0.15) is 5.76 Å². The van der Waals surface area contributed by atoms with Gasteiger partial charge in [0.05, 0.1) is 5.69 Å². The van der Waals surface area contributed by atoms with E-state index in [2.05, 4.69) is 4.98 Å². The average Bonchev–Trinajstić information content (AvgIpc) is 2.10. The van der Waals surface area contributed by atoms with Gasteiger partial charge in [-0.05, 0) is 6.92 Å². The molecule has 0 radical (unpaired) electrons. The van der Waals surface area contributed by atoms with Crippen molar-refractivity contribution < 1.29 is 4.42 Å². The molecule has 0 saturated heterocycles. The second kappa shape index (κ2) is 2.06. The number of hydrogen-bond acceptors (Lipinski definition) is 4. The van der Waals surface area contributed by atoms with E-state index in [0.29, 0.717) is 12.3 Å². The Kier molecular flexibility index (Phi) is 1.40. The molecular formula is C5H9N3O. The molecule has 4 heteroatoms. The zero-order valence-corrected chi connectivity index (χ0v) is 5.22. The van der Waals surface area contributed by atoms with Crippen LogP contribution in [0.1, 0.15) is 11.5 Å². The van der Waals surface area contributed by atoms with Crippen molar-refractivity contribution in [1.29, 1.82) is 0 Å². The fourth-order valence-corrected chi connectivity index (χ4v) is 0.640. The van der Waals surface area contributed by atoms with E-state index in [-0.39, 0.29) is 6.01 Å². The van der Waals surface area contributed by atoms with Crippen LogP contribution in [0, 0.1) is 6.92 Å². The smallest absolute Gasteiger partial charge is 0.292 e. The number of nitrogens with two attached hydrogens (primary N) is 2. The molecule has 0 aromatic carbocycles. The van der Waals surface area contributed by atoms with Gasteiger partial charge in [-0.1, -0.05) is 0 Å². The molecule has 1 aromatic heterocycles. The van der Waals surface area contributed by atoms with Crippen molar-refractivity contribution >= 4 is 6.01 Å². The van der Waals surface area contributed by atoms with E-state index in [0.717, 1.165) is 5.69 Å². The Morgan fingerprint density at radius 3 is 2.56 bits per heavy atom. The van der Waals surface area contributed by atoms with Crippen molar-refractivity contribution in [1.82, 2.24) is 4.98 Å². The SMILES string of the molecule is Cc1oc(N)nc1CN. The number of aryl methyl sites for hydroxylation is 1. The molecule has 0 atom stereocenters. The van der Waals surface area contributed by atoms with E-state index in [1.165, 1.54) is 0 Å². The summed E-state index contributed by atoms with van der Waals surface area (Å²) in [5, 5.41) is 0. The van der Waals surface area contributed by atoms with E-state index in [1.807, 2.05) is 0 Å². The summed E-state index contributed by atoms with van der Waals surface area (Å²) >= 11 is 0. The Morgan fingerprint density at radius 2 is 2.33 bits per heavy atom. The van der Waals surface area contributed by atoms with Gasteiger partial charge in [-0.15, -0.1) is 0 Å². The first-order valence-electron chi connectivity index (χ1n) is 2.66. The lowest BCUT2D eigenvalue weighted by Gasteiger charge is -1.84. The number of hydrogen-bond donors (Lipinski definition) is 2. The predicted molar refractivity (Wildman–Crippen MR) is 33.5 cm³/mol. The van der Waals surface area contributed by atoms with Gasteiger partial charge >= 0.3 is 0 Å². The molecule has 0 amide bonds. The Balaban J connectivity index is 3.01. The zero-order chi connectivity index (χ0) is 6.85. The number of rotatable bonds is 1. The lowest BCUT2D eigenvalue weighted by Crippen LogP contribution is -1.98. The first-order valence-corrected chi connectivity index (χ1v) is 2.66. The van der Waals surface area contributed by atoms with Gasteiger partial charge in [0.2, 0.25) is 0 Å². The molecule has 0 saturated carbocycles. The van der Waals surface area contributed by atoms with Crippen LogP contribution in [0.25, 0.3) is 0 Å². The number of nitrogens with zero attached hydrogens (tertiary/aromatic N) is 1. The summed E-state index contributed by atoms with van der Waals surface area (Å²) < 4.78 is 4.89. The fraction of sp³-hybridized carbons (Fsp3) is 0.400. The third-order valence-electron chi connectivity index (χ3n) is 1.10. The summed E-state index contributed by atoms with van der Waals surface area (Å²) in [5.41, 5.74) is 11.2. The highest BCUT2D eigenvalue weighted by atomic mass is 16.4. The van der Waals surface area contributed by atoms with E-state index in [1.54, 1.807) is 6.92 Å². The number of anilines is 1. The van der Waals surface area contributed by atoms with Crippen LogP contribution in [0.2, 0.25) is 0 Å². The van der Waals surface area contributed by atoms with Gasteiger partial charge in [0.15, 0.2) is 0 Å². The summed E-state index contributed by atoms with van der Waals surface area (Å²) in [6, 6.07) is 0.188. The molecule has 4 nitrogen and oxygen atoms in total. The number of nitrogen functional groups attached to an aromatic ring is 1. The zero-order valence-electron chi connectivity index (χ0n) is 5.22. The third kappa shape index (κ3) is 1.02. The van der Waals surface area contributed by atoms with Crippen molar-refractivity contribution in [2.24, 2.45) is 5.73 Å². The number of oxazole rings is 1. The number of aromatic nitrogens is 1. The summed E-state index contributed by atoms with van der Waals surface area (Å²) in [7, 11) is 0. The van der Waals surface area contributed by atoms with Crippen LogP contribution in [0.15, 0.2) is 4.42 Å². The summed E-state index contributed by atoms with van der Waals surface area (Å²) in [6.45, 7) is 2.16. The monoisotopic (exact) mass is 127 g/mol. The Labute approximate surface area is 52.9 Å². The molecule has 0 aliphatic rings. The summed E-state index contributed by atoms with van der Waals surface area (Å²) in [4.78, 5) is 3.81. The maximum Gasteiger partial charge on any atom is 0.292 e. The van der Waals surface area contributed by atoms with Gasteiger partial charge in [0.25, 0.3) is 6.01 Å². The van der Waals surface area contributed by atoms with Crippen molar-refractivity contribution in [2.75, 3.05) is 5.73 Å². The second-order valence-electron chi connectivity index (χ2n) is 1.76. The Bertz CT molecular complexity index is 206. The Morgan fingerprint density at radius 1 is 1.67 bits per heavy atom. The molecule has 0 fully saturated rings. The van der Waals surface area contributed by atoms with Crippen molar-refractivity contribution in [3.63, 3.8) is 0 Å². The normalized spacial score (nSPS) is 10.0. The fourth-order valence-electron chi connectivity index (χ4n) is 0.640. The molecule has 0 aliphatic carbocycles. The van der Waals surface area contributed by atoms with Crippen LogP contribution in [-0.2, 0) is 6.54 Å². The third-order valence-corrected chi connectivity index (χ3v) is 1.10. The molecule has 0 unspecified atom stereocenters. The van der Waals surface area contributed by atoms with E-state index in [9.17, 15) is 0 Å². The molecule has 0 spiro atoms. The minimum Gasteiger partial charge on any atom is -0.429 e. The molecule has 50 valence electrons. The molecule has 0 aliphatic heterocycles. The van der Waals surface area contributed by atoms with Crippen LogP contribution in [-0.4, -0.2) is 4.98 Å². The highest BCUT2D eigenvalue weighted by molar-refractivity contribution is 5.18. The van der Waals surface area contributed by atoms with Crippen LogP contribution in [0.4, 0.5) is 6.01 Å². The quantitative estimate of drug-likeness (QED) is 0.557. The van der Waals surface area contributed by atoms with Gasteiger partial charge in [0, 0.05) is 6.54 Å². The lowest BCUT2D eigenvalue weighted by atomic mass is 10.4. The van der Waals surface area contributed by atoms with Crippen molar-refractivity contribution in [3.05, 3.63) is 11.5 Å². The lowest BCUT2D eigenvalue weighted by molar-refractivity contribution is 0.545. The van der Waals surface area contributed by atoms with Gasteiger partial charge in [-0.2, -0.15) is 4.98 Å².